The molecule has 8 aromatic carbocycles. The monoisotopic (exact) mass is 692 g/mol. The number of benzene rings is 8. The number of para-hydroxylation sites is 4. The molecule has 250 valence electrons. The molecule has 0 unspecified atom stereocenters. The van der Waals surface area contributed by atoms with E-state index in [1.807, 2.05) is 0 Å². The molecule has 0 fully saturated rings. The van der Waals surface area contributed by atoms with E-state index < -0.39 is 8.07 Å². The minimum Gasteiger partial charge on any atom is -0.309 e. The van der Waals surface area contributed by atoms with Gasteiger partial charge in [0.1, 0.15) is 8.07 Å². The molecule has 2 nitrogen and oxygen atoms in total. The molecule has 11 rings (SSSR count). The van der Waals surface area contributed by atoms with E-state index in [2.05, 4.69) is 204 Å². The third-order valence-electron chi connectivity index (χ3n) is 11.7. The Balaban J connectivity index is 0.996. The van der Waals surface area contributed by atoms with Crippen molar-refractivity contribution in [1.82, 2.24) is 9.13 Å². The maximum Gasteiger partial charge on any atom is 0.113 e. The fraction of sp³-hybridized carbons (Fsp3) is 0.0400. The zero-order chi connectivity index (χ0) is 35.3. The van der Waals surface area contributed by atoms with E-state index in [4.69, 9.17) is 0 Å². The summed E-state index contributed by atoms with van der Waals surface area (Å²) in [4.78, 5) is 0. The van der Waals surface area contributed by atoms with Crippen LogP contribution in [0.25, 0.3) is 88.4 Å². The van der Waals surface area contributed by atoms with Crippen molar-refractivity contribution in [3.05, 3.63) is 182 Å². The van der Waals surface area contributed by atoms with Crippen molar-refractivity contribution < 1.29 is 0 Å². The summed E-state index contributed by atoms with van der Waals surface area (Å²) in [6.45, 7) is 5.05. The first-order valence-corrected chi connectivity index (χ1v) is 21.5. The van der Waals surface area contributed by atoms with Crippen molar-refractivity contribution >= 4 is 62.1 Å². The summed E-state index contributed by atoms with van der Waals surface area (Å²) in [5.74, 6) is 0. The van der Waals surface area contributed by atoms with Crippen LogP contribution in [0, 0.1) is 0 Å². The summed E-state index contributed by atoms with van der Waals surface area (Å²) in [5.41, 5.74) is 15.2. The molecule has 0 bridgehead atoms. The van der Waals surface area contributed by atoms with Crippen molar-refractivity contribution in [3.63, 3.8) is 0 Å². The number of rotatable bonds is 4. The zero-order valence-corrected chi connectivity index (χ0v) is 30.7. The number of hydrogen-bond acceptors (Lipinski definition) is 0. The fourth-order valence-corrected chi connectivity index (χ4v) is 12.2. The molecular weight excluding hydrogens is 657 g/mol. The predicted molar refractivity (Wildman–Crippen MR) is 228 cm³/mol. The molecule has 53 heavy (non-hydrogen) atoms. The van der Waals surface area contributed by atoms with Gasteiger partial charge in [-0.3, -0.25) is 0 Å². The van der Waals surface area contributed by atoms with Crippen molar-refractivity contribution in [2.24, 2.45) is 0 Å². The summed E-state index contributed by atoms with van der Waals surface area (Å²) in [6.07, 6.45) is 0. The van der Waals surface area contributed by atoms with Gasteiger partial charge in [0.05, 0.1) is 22.1 Å². The molecule has 3 heterocycles. The molecule has 1 aliphatic heterocycles. The standard InChI is InChI=1S/C50H36N2Si/c1-53(2)49-31-35(33-23-27-47-43(29-33)39-17-9-11-19-45(39)51(47)37-13-5-3-6-14-37)21-25-41(49)42-26-22-36(32-50(42)53)34-24-28-48-44(30-34)40-18-10-12-20-46(40)52(48)38-15-7-4-8-16-38/h3-32H,1-2H3. The minimum atomic E-state index is -1.99. The van der Waals surface area contributed by atoms with Gasteiger partial charge in [-0.15, -0.1) is 0 Å². The Labute approximate surface area is 309 Å². The molecule has 0 amide bonds. The van der Waals surface area contributed by atoms with E-state index in [9.17, 15) is 0 Å². The average molecular weight is 693 g/mol. The van der Waals surface area contributed by atoms with Crippen LogP contribution < -0.4 is 10.4 Å². The van der Waals surface area contributed by atoms with E-state index >= 15 is 0 Å². The lowest BCUT2D eigenvalue weighted by atomic mass is 9.97. The first-order chi connectivity index (χ1) is 26.0. The highest BCUT2D eigenvalue weighted by Gasteiger charge is 2.38. The number of hydrogen-bond donors (Lipinski definition) is 0. The SMILES string of the molecule is C[Si]1(C)c2cc(-c3ccc4c(c3)c3ccccc3n4-c3ccccc3)ccc2-c2ccc(-c3ccc4c(c3)c3ccccc3n4-c3ccccc3)cc21. The van der Waals surface area contributed by atoms with Crippen molar-refractivity contribution in [1.29, 1.82) is 0 Å². The summed E-state index contributed by atoms with van der Waals surface area (Å²) in [7, 11) is -1.99. The molecule has 0 N–H and O–H groups in total. The van der Waals surface area contributed by atoms with Gasteiger partial charge in [-0.05, 0) is 104 Å². The highest BCUT2D eigenvalue weighted by atomic mass is 28.3. The Bertz CT molecular complexity index is 2870. The second-order valence-corrected chi connectivity index (χ2v) is 19.3. The molecular formula is C50H36N2Si. The largest absolute Gasteiger partial charge is 0.309 e. The maximum atomic E-state index is 2.53. The van der Waals surface area contributed by atoms with E-state index in [1.54, 1.807) is 0 Å². The summed E-state index contributed by atoms with van der Waals surface area (Å²) < 4.78 is 4.78. The molecule has 0 atom stereocenters. The van der Waals surface area contributed by atoms with E-state index in [0.717, 1.165) is 0 Å². The molecule has 1 aliphatic rings. The number of aromatic nitrogens is 2. The molecule has 10 aromatic rings. The van der Waals surface area contributed by atoms with Gasteiger partial charge in [0.2, 0.25) is 0 Å². The predicted octanol–water partition coefficient (Wildman–Crippen LogP) is 12.0. The van der Waals surface area contributed by atoms with Crippen LogP contribution in [0.2, 0.25) is 13.1 Å². The zero-order valence-electron chi connectivity index (χ0n) is 29.7. The third-order valence-corrected chi connectivity index (χ3v) is 15.2. The van der Waals surface area contributed by atoms with Crippen LogP contribution in [0.5, 0.6) is 0 Å². The highest BCUT2D eigenvalue weighted by Crippen LogP contribution is 2.39. The van der Waals surface area contributed by atoms with Crippen LogP contribution in [0.4, 0.5) is 0 Å². The Morgan fingerprint density at radius 1 is 0.321 bits per heavy atom. The van der Waals surface area contributed by atoms with Crippen molar-refractivity contribution in [2.75, 3.05) is 0 Å². The molecule has 2 aromatic heterocycles. The van der Waals surface area contributed by atoms with Gasteiger partial charge in [0.15, 0.2) is 0 Å². The smallest absolute Gasteiger partial charge is 0.113 e. The summed E-state index contributed by atoms with van der Waals surface area (Å²) >= 11 is 0. The van der Waals surface area contributed by atoms with Gasteiger partial charge in [0, 0.05) is 32.9 Å². The van der Waals surface area contributed by atoms with Crippen LogP contribution in [0.1, 0.15) is 0 Å². The fourth-order valence-electron chi connectivity index (χ4n) is 9.11. The topological polar surface area (TPSA) is 9.86 Å². The Kier molecular flexibility index (Phi) is 6.44. The average Bonchev–Trinajstić information content (AvgIpc) is 3.80. The number of fused-ring (bicyclic) bond motifs is 9. The first kappa shape index (κ1) is 30.2. The van der Waals surface area contributed by atoms with E-state index in [-0.39, 0.29) is 0 Å². The van der Waals surface area contributed by atoms with Crippen LogP contribution in [0.15, 0.2) is 182 Å². The van der Waals surface area contributed by atoms with Crippen LogP contribution in [0.3, 0.4) is 0 Å². The quantitative estimate of drug-likeness (QED) is 0.163. The van der Waals surface area contributed by atoms with Gasteiger partial charge in [-0.25, -0.2) is 0 Å². The van der Waals surface area contributed by atoms with Crippen LogP contribution in [-0.4, -0.2) is 17.2 Å². The molecule has 0 spiro atoms. The van der Waals surface area contributed by atoms with Gasteiger partial charge < -0.3 is 9.13 Å². The molecule has 0 saturated carbocycles. The lowest BCUT2D eigenvalue weighted by Gasteiger charge is -2.20. The molecule has 0 radical (unpaired) electrons. The van der Waals surface area contributed by atoms with Crippen molar-refractivity contribution in [3.8, 4) is 44.8 Å². The second-order valence-electron chi connectivity index (χ2n) is 15.0. The van der Waals surface area contributed by atoms with Gasteiger partial charge >= 0.3 is 0 Å². The lowest BCUT2D eigenvalue weighted by Crippen LogP contribution is -2.49. The third kappa shape index (κ3) is 4.44. The maximum absolute atomic E-state index is 2.53. The van der Waals surface area contributed by atoms with Crippen molar-refractivity contribution in [2.45, 2.75) is 13.1 Å². The molecule has 0 saturated heterocycles. The summed E-state index contributed by atoms with van der Waals surface area (Å²) in [5, 5.41) is 8.19. The van der Waals surface area contributed by atoms with Crippen LogP contribution in [-0.2, 0) is 0 Å². The Hall–Kier alpha value is -6.42. The number of nitrogens with zero attached hydrogens (tertiary/aromatic N) is 2. The molecule has 3 heteroatoms. The minimum absolute atomic E-state index is 1.19. The highest BCUT2D eigenvalue weighted by molar-refractivity contribution is 7.03. The van der Waals surface area contributed by atoms with Gasteiger partial charge in [-0.1, -0.05) is 134 Å². The van der Waals surface area contributed by atoms with Gasteiger partial charge in [-0.2, -0.15) is 0 Å². The lowest BCUT2D eigenvalue weighted by molar-refractivity contribution is 1.18. The van der Waals surface area contributed by atoms with Crippen LogP contribution >= 0.6 is 0 Å². The van der Waals surface area contributed by atoms with E-state index in [0.29, 0.717) is 0 Å². The second kappa shape index (κ2) is 11.3. The summed E-state index contributed by atoms with van der Waals surface area (Å²) in [6, 6.07) is 67.4. The van der Waals surface area contributed by atoms with E-state index in [1.165, 1.54) is 98.7 Å². The normalized spacial score (nSPS) is 13.2. The Morgan fingerprint density at radius 3 is 1.13 bits per heavy atom. The van der Waals surface area contributed by atoms with Gasteiger partial charge in [0.25, 0.3) is 0 Å². The molecule has 0 aliphatic carbocycles. The first-order valence-electron chi connectivity index (χ1n) is 18.5. The Morgan fingerprint density at radius 2 is 0.679 bits per heavy atom.